The molecule has 0 unspecified atom stereocenters. The molecule has 2 aromatic heterocycles. The van der Waals surface area contributed by atoms with Crippen molar-refractivity contribution in [3.05, 3.63) is 94.1 Å². The number of nitrogens with zero attached hydrogens (tertiary/aromatic N) is 3. The quantitative estimate of drug-likeness (QED) is 0.388. The Bertz CT molecular complexity index is 1250. The van der Waals surface area contributed by atoms with Crippen molar-refractivity contribution in [2.45, 2.75) is 6.54 Å². The third-order valence-corrected chi connectivity index (χ3v) is 5.03. The van der Waals surface area contributed by atoms with Crippen molar-refractivity contribution < 1.29 is 19.0 Å². The Labute approximate surface area is 186 Å². The van der Waals surface area contributed by atoms with Gasteiger partial charge in [0.2, 0.25) is 0 Å². The lowest BCUT2D eigenvalue weighted by atomic mass is 10.2. The smallest absolute Gasteiger partial charge is 0.358 e. The van der Waals surface area contributed by atoms with E-state index in [0.29, 0.717) is 27.0 Å². The predicted molar refractivity (Wildman–Crippen MR) is 114 cm³/mol. The molecule has 0 aliphatic rings. The molecule has 0 fully saturated rings. The van der Waals surface area contributed by atoms with Crippen LogP contribution < -0.4 is 4.74 Å². The van der Waals surface area contributed by atoms with Crippen LogP contribution in [0.15, 0.2) is 67.0 Å². The van der Waals surface area contributed by atoms with Crippen molar-refractivity contribution in [2.24, 2.45) is 0 Å². The number of hydrogen-bond donors (Lipinski definition) is 1. The summed E-state index contributed by atoms with van der Waals surface area (Å²) in [6.07, 6.45) is 3.16. The van der Waals surface area contributed by atoms with Crippen LogP contribution in [0, 0.1) is 5.82 Å². The normalized spacial score (nSPS) is 10.8. The van der Waals surface area contributed by atoms with Gasteiger partial charge in [0.05, 0.1) is 6.54 Å². The molecule has 0 bridgehead atoms. The number of ether oxygens (including phenoxy) is 1. The maximum absolute atomic E-state index is 13.2. The SMILES string of the molecule is O=C(O)c1c(Oc2ccc(F)cc2)nc(-c2cccnc2)n1Cc1cc(Cl)ccc1Cl. The van der Waals surface area contributed by atoms with Crippen LogP contribution >= 0.6 is 23.2 Å². The summed E-state index contributed by atoms with van der Waals surface area (Å²) in [5.74, 6) is -1.28. The minimum atomic E-state index is -1.25. The summed E-state index contributed by atoms with van der Waals surface area (Å²) in [5.41, 5.74) is 0.990. The number of aromatic carboxylic acids is 1. The van der Waals surface area contributed by atoms with Crippen LogP contribution in [0.1, 0.15) is 16.1 Å². The van der Waals surface area contributed by atoms with Gasteiger partial charge in [0.25, 0.3) is 5.88 Å². The molecular weight excluding hydrogens is 444 g/mol. The number of hydrogen-bond acceptors (Lipinski definition) is 4. The maximum Gasteiger partial charge on any atom is 0.358 e. The predicted octanol–water partition coefficient (Wildman–Crippen LogP) is 5.93. The fraction of sp³-hybridized carbons (Fsp3) is 0.0455. The molecule has 4 rings (SSSR count). The van der Waals surface area contributed by atoms with Crippen LogP contribution in [0.5, 0.6) is 11.6 Å². The molecule has 1 N–H and O–H groups in total. The monoisotopic (exact) mass is 457 g/mol. The highest BCUT2D eigenvalue weighted by Crippen LogP contribution is 2.32. The summed E-state index contributed by atoms with van der Waals surface area (Å²) in [4.78, 5) is 20.7. The average Bonchev–Trinajstić information content (AvgIpc) is 3.11. The molecule has 0 aliphatic carbocycles. The summed E-state index contributed by atoms with van der Waals surface area (Å²) in [7, 11) is 0. The standard InChI is InChI=1S/C22H14Cl2FN3O3/c23-15-3-8-18(24)14(10-15)12-28-19(22(29)30)21(31-17-6-4-16(25)5-7-17)27-20(28)13-2-1-9-26-11-13/h1-11H,12H2,(H,29,30). The van der Waals surface area contributed by atoms with E-state index in [1.54, 1.807) is 42.7 Å². The summed E-state index contributed by atoms with van der Waals surface area (Å²) in [6.45, 7) is 0.0744. The Morgan fingerprint density at radius 2 is 1.90 bits per heavy atom. The number of aromatic nitrogens is 3. The van der Waals surface area contributed by atoms with Crippen LogP contribution in [0.2, 0.25) is 10.0 Å². The second-order valence-corrected chi connectivity index (χ2v) is 7.36. The fourth-order valence-electron chi connectivity index (χ4n) is 3.03. The fourth-order valence-corrected chi connectivity index (χ4v) is 3.40. The second-order valence-electron chi connectivity index (χ2n) is 6.51. The molecule has 2 aromatic carbocycles. The number of pyridine rings is 1. The van der Waals surface area contributed by atoms with Gasteiger partial charge in [-0.05, 0) is 60.2 Å². The molecule has 156 valence electrons. The number of halogens is 3. The van der Waals surface area contributed by atoms with E-state index in [9.17, 15) is 14.3 Å². The summed E-state index contributed by atoms with van der Waals surface area (Å²) < 4.78 is 20.4. The first-order valence-electron chi connectivity index (χ1n) is 9.04. The minimum absolute atomic E-state index is 0.0744. The zero-order valence-corrected chi connectivity index (χ0v) is 17.3. The van der Waals surface area contributed by atoms with Gasteiger partial charge in [-0.15, -0.1) is 0 Å². The zero-order chi connectivity index (χ0) is 22.0. The lowest BCUT2D eigenvalue weighted by Crippen LogP contribution is -2.12. The van der Waals surface area contributed by atoms with E-state index in [0.717, 1.165) is 0 Å². The molecule has 0 aliphatic heterocycles. The van der Waals surface area contributed by atoms with E-state index in [4.69, 9.17) is 27.9 Å². The van der Waals surface area contributed by atoms with Crippen LogP contribution in [0.4, 0.5) is 4.39 Å². The summed E-state index contributed by atoms with van der Waals surface area (Å²) in [6, 6.07) is 13.6. The molecular formula is C22H14Cl2FN3O3. The van der Waals surface area contributed by atoms with E-state index >= 15 is 0 Å². The van der Waals surface area contributed by atoms with Gasteiger partial charge in [-0.2, -0.15) is 4.98 Å². The molecule has 0 radical (unpaired) electrons. The number of carbonyl (C=O) groups is 1. The van der Waals surface area contributed by atoms with Gasteiger partial charge in [0.1, 0.15) is 17.4 Å². The molecule has 6 nitrogen and oxygen atoms in total. The van der Waals surface area contributed by atoms with E-state index in [-0.39, 0.29) is 23.9 Å². The van der Waals surface area contributed by atoms with E-state index < -0.39 is 11.8 Å². The maximum atomic E-state index is 13.2. The molecule has 4 aromatic rings. The first-order chi connectivity index (χ1) is 14.9. The summed E-state index contributed by atoms with van der Waals surface area (Å²) in [5, 5.41) is 10.8. The molecule has 31 heavy (non-hydrogen) atoms. The Morgan fingerprint density at radius 3 is 2.58 bits per heavy atom. The van der Waals surface area contributed by atoms with E-state index in [1.807, 2.05) is 0 Å². The van der Waals surface area contributed by atoms with Crippen molar-refractivity contribution in [1.29, 1.82) is 0 Å². The number of imidazole rings is 1. The molecule has 9 heteroatoms. The Balaban J connectivity index is 1.87. The molecule has 0 saturated carbocycles. The van der Waals surface area contributed by atoms with Gasteiger partial charge in [-0.1, -0.05) is 23.2 Å². The number of carboxylic acid groups (broad SMARTS) is 1. The highest BCUT2D eigenvalue weighted by atomic mass is 35.5. The lowest BCUT2D eigenvalue weighted by molar-refractivity contribution is 0.0682. The largest absolute Gasteiger partial charge is 0.476 e. The molecule has 0 spiro atoms. The van der Waals surface area contributed by atoms with Gasteiger partial charge in [0, 0.05) is 28.0 Å². The minimum Gasteiger partial charge on any atom is -0.476 e. The number of rotatable bonds is 6. The van der Waals surface area contributed by atoms with Gasteiger partial charge in [-0.25, -0.2) is 9.18 Å². The van der Waals surface area contributed by atoms with Gasteiger partial charge in [-0.3, -0.25) is 4.98 Å². The van der Waals surface area contributed by atoms with Crippen molar-refractivity contribution in [3.8, 4) is 23.0 Å². The second kappa shape index (κ2) is 8.75. The van der Waals surface area contributed by atoms with E-state index in [2.05, 4.69) is 9.97 Å². The Morgan fingerprint density at radius 1 is 1.13 bits per heavy atom. The molecule has 0 saturated heterocycles. The van der Waals surface area contributed by atoms with Crippen LogP contribution in [0.25, 0.3) is 11.4 Å². The van der Waals surface area contributed by atoms with Gasteiger partial charge < -0.3 is 14.4 Å². The molecule has 0 amide bonds. The van der Waals surface area contributed by atoms with Crippen molar-refractivity contribution >= 4 is 29.2 Å². The van der Waals surface area contributed by atoms with Crippen molar-refractivity contribution in [2.75, 3.05) is 0 Å². The van der Waals surface area contributed by atoms with E-state index in [1.165, 1.54) is 28.8 Å². The number of carboxylic acids is 1. The van der Waals surface area contributed by atoms with Crippen molar-refractivity contribution in [3.63, 3.8) is 0 Å². The average molecular weight is 458 g/mol. The lowest BCUT2D eigenvalue weighted by Gasteiger charge is -2.12. The highest BCUT2D eigenvalue weighted by Gasteiger charge is 2.26. The topological polar surface area (TPSA) is 77.2 Å². The zero-order valence-electron chi connectivity index (χ0n) is 15.8. The summed E-state index contributed by atoms with van der Waals surface area (Å²) >= 11 is 12.4. The first-order valence-corrected chi connectivity index (χ1v) is 9.79. The van der Waals surface area contributed by atoms with Crippen LogP contribution in [0.3, 0.4) is 0 Å². The highest BCUT2D eigenvalue weighted by molar-refractivity contribution is 6.33. The molecule has 2 heterocycles. The van der Waals surface area contributed by atoms with Crippen LogP contribution in [-0.2, 0) is 6.54 Å². The molecule has 0 atom stereocenters. The Kier molecular flexibility index (Phi) is 5.88. The Hall–Kier alpha value is -3.42. The third kappa shape index (κ3) is 4.52. The first kappa shape index (κ1) is 20.8. The van der Waals surface area contributed by atoms with Gasteiger partial charge >= 0.3 is 5.97 Å². The number of benzene rings is 2. The van der Waals surface area contributed by atoms with Crippen molar-refractivity contribution in [1.82, 2.24) is 14.5 Å². The third-order valence-electron chi connectivity index (χ3n) is 4.42. The van der Waals surface area contributed by atoms with Gasteiger partial charge in [0.15, 0.2) is 5.69 Å². The van der Waals surface area contributed by atoms with Crippen LogP contribution in [-0.4, -0.2) is 25.6 Å².